The molecule has 5 nitrogen and oxygen atoms in total. The molecule has 0 aromatic heterocycles. The summed E-state index contributed by atoms with van der Waals surface area (Å²) < 4.78 is 0. The third-order valence-electron chi connectivity index (χ3n) is 2.47. The number of phenolic OH excluding ortho intramolecular Hbond substituents is 2. The van der Waals surface area contributed by atoms with Crippen LogP contribution in [0.25, 0.3) is 0 Å². The Kier molecular flexibility index (Phi) is 3.35. The zero-order valence-corrected chi connectivity index (χ0v) is 9.79. The number of rotatable bonds is 2. The van der Waals surface area contributed by atoms with Gasteiger partial charge in [0.05, 0.1) is 17.2 Å². The highest BCUT2D eigenvalue weighted by Crippen LogP contribution is 2.23. The highest BCUT2D eigenvalue weighted by Gasteiger charge is 2.12. The number of benzene rings is 2. The van der Waals surface area contributed by atoms with Crippen molar-refractivity contribution in [2.45, 2.75) is 0 Å². The van der Waals surface area contributed by atoms with Crippen LogP contribution in [0.3, 0.4) is 0 Å². The molecule has 0 saturated heterocycles. The largest absolute Gasteiger partial charge is 0.508 e. The van der Waals surface area contributed by atoms with E-state index in [1.165, 1.54) is 24.3 Å². The molecule has 0 heterocycles. The number of anilines is 1. The molecular weight excluding hydrogens is 244 g/mol. The number of nitriles is 1. The van der Waals surface area contributed by atoms with E-state index in [1.54, 1.807) is 18.2 Å². The number of hydrogen-bond donors (Lipinski definition) is 3. The lowest BCUT2D eigenvalue weighted by Gasteiger charge is -2.07. The van der Waals surface area contributed by atoms with E-state index in [0.717, 1.165) is 0 Å². The summed E-state index contributed by atoms with van der Waals surface area (Å²) >= 11 is 0. The van der Waals surface area contributed by atoms with Gasteiger partial charge in [0.1, 0.15) is 11.5 Å². The van der Waals surface area contributed by atoms with Gasteiger partial charge in [-0.1, -0.05) is 6.07 Å². The van der Waals surface area contributed by atoms with Crippen LogP contribution >= 0.6 is 0 Å². The van der Waals surface area contributed by atoms with Gasteiger partial charge in [0.2, 0.25) is 0 Å². The monoisotopic (exact) mass is 254 g/mol. The van der Waals surface area contributed by atoms with E-state index in [1.807, 2.05) is 6.07 Å². The van der Waals surface area contributed by atoms with Gasteiger partial charge in [0.15, 0.2) is 0 Å². The molecule has 0 aliphatic rings. The predicted octanol–water partition coefficient (Wildman–Crippen LogP) is 2.22. The summed E-state index contributed by atoms with van der Waals surface area (Å²) in [4.78, 5) is 11.9. The number of nitrogens with one attached hydrogen (secondary N) is 1. The maximum absolute atomic E-state index is 11.9. The molecule has 1 amide bonds. The maximum Gasteiger partial charge on any atom is 0.259 e. The molecule has 0 spiro atoms. The summed E-state index contributed by atoms with van der Waals surface area (Å²) in [6.07, 6.45) is 0. The van der Waals surface area contributed by atoms with Crippen molar-refractivity contribution in [3.05, 3.63) is 53.6 Å². The summed E-state index contributed by atoms with van der Waals surface area (Å²) in [6.45, 7) is 0. The second-order valence-corrected chi connectivity index (χ2v) is 3.85. The van der Waals surface area contributed by atoms with Crippen molar-refractivity contribution in [2.75, 3.05) is 5.32 Å². The quantitative estimate of drug-likeness (QED) is 0.716. The summed E-state index contributed by atoms with van der Waals surface area (Å²) in [6, 6.07) is 12.0. The van der Waals surface area contributed by atoms with Gasteiger partial charge >= 0.3 is 0 Å². The number of hydrogen-bond acceptors (Lipinski definition) is 4. The summed E-state index contributed by atoms with van der Waals surface area (Å²) in [5.74, 6) is -0.913. The van der Waals surface area contributed by atoms with Crippen LogP contribution in [0.5, 0.6) is 11.5 Å². The molecule has 2 aromatic rings. The predicted molar refractivity (Wildman–Crippen MR) is 68.9 cm³/mol. The van der Waals surface area contributed by atoms with Gasteiger partial charge in [-0.2, -0.15) is 5.26 Å². The van der Waals surface area contributed by atoms with E-state index < -0.39 is 5.91 Å². The molecule has 94 valence electrons. The van der Waals surface area contributed by atoms with Crippen LogP contribution in [-0.2, 0) is 0 Å². The van der Waals surface area contributed by atoms with Gasteiger partial charge in [0, 0.05) is 5.69 Å². The normalized spacial score (nSPS) is 9.63. The van der Waals surface area contributed by atoms with Gasteiger partial charge in [-0.3, -0.25) is 4.79 Å². The lowest BCUT2D eigenvalue weighted by atomic mass is 10.1. The summed E-state index contributed by atoms with van der Waals surface area (Å²) in [7, 11) is 0. The minimum absolute atomic E-state index is 0.0395. The Labute approximate surface area is 109 Å². The number of phenols is 2. The topological polar surface area (TPSA) is 93.4 Å². The first-order valence-corrected chi connectivity index (χ1v) is 5.43. The fraction of sp³-hybridized carbons (Fsp3) is 0. The first-order chi connectivity index (χ1) is 9.10. The van der Waals surface area contributed by atoms with Gasteiger partial charge in [-0.25, -0.2) is 0 Å². The summed E-state index contributed by atoms with van der Waals surface area (Å²) in [5, 5.41) is 30.2. The molecule has 2 aromatic carbocycles. The van der Waals surface area contributed by atoms with Crippen molar-refractivity contribution in [2.24, 2.45) is 0 Å². The van der Waals surface area contributed by atoms with Crippen LogP contribution in [0.2, 0.25) is 0 Å². The van der Waals surface area contributed by atoms with Crippen molar-refractivity contribution in [3.63, 3.8) is 0 Å². The molecule has 0 unspecified atom stereocenters. The fourth-order valence-electron chi connectivity index (χ4n) is 1.57. The third-order valence-corrected chi connectivity index (χ3v) is 2.47. The Morgan fingerprint density at radius 1 is 1.16 bits per heavy atom. The molecule has 0 aliphatic heterocycles. The minimum atomic E-state index is -0.566. The Morgan fingerprint density at radius 3 is 2.68 bits per heavy atom. The average Bonchev–Trinajstić information content (AvgIpc) is 2.41. The fourth-order valence-corrected chi connectivity index (χ4v) is 1.57. The molecule has 0 aliphatic carbocycles. The van der Waals surface area contributed by atoms with Crippen molar-refractivity contribution in [1.82, 2.24) is 0 Å². The van der Waals surface area contributed by atoms with Crippen LogP contribution in [-0.4, -0.2) is 16.1 Å². The van der Waals surface area contributed by atoms with E-state index in [9.17, 15) is 15.0 Å². The smallest absolute Gasteiger partial charge is 0.259 e. The standard InChI is InChI=1S/C14H10N2O3/c15-8-9-2-1-3-10(6-9)16-14(19)12-7-11(17)4-5-13(12)18/h1-7,17-18H,(H,16,19). The van der Waals surface area contributed by atoms with Crippen LogP contribution in [0, 0.1) is 11.3 Å². The Morgan fingerprint density at radius 2 is 1.95 bits per heavy atom. The molecule has 3 N–H and O–H groups in total. The van der Waals surface area contributed by atoms with E-state index in [0.29, 0.717) is 11.3 Å². The highest BCUT2D eigenvalue weighted by molar-refractivity contribution is 6.06. The van der Waals surface area contributed by atoms with E-state index in [2.05, 4.69) is 5.32 Å². The second kappa shape index (κ2) is 5.10. The second-order valence-electron chi connectivity index (χ2n) is 3.85. The number of carbonyl (C=O) groups is 1. The zero-order chi connectivity index (χ0) is 13.8. The molecule has 0 saturated carbocycles. The Hall–Kier alpha value is -3.00. The van der Waals surface area contributed by atoms with Gasteiger partial charge in [-0.15, -0.1) is 0 Å². The van der Waals surface area contributed by atoms with Crippen molar-refractivity contribution in [1.29, 1.82) is 5.26 Å². The minimum Gasteiger partial charge on any atom is -0.508 e. The lowest BCUT2D eigenvalue weighted by Crippen LogP contribution is -2.12. The number of nitrogens with zero attached hydrogens (tertiary/aromatic N) is 1. The van der Waals surface area contributed by atoms with Crippen molar-refractivity contribution in [3.8, 4) is 17.6 Å². The number of aromatic hydroxyl groups is 2. The number of carbonyl (C=O) groups excluding carboxylic acids is 1. The molecule has 5 heteroatoms. The van der Waals surface area contributed by atoms with E-state index in [4.69, 9.17) is 5.26 Å². The average molecular weight is 254 g/mol. The third kappa shape index (κ3) is 2.82. The van der Waals surface area contributed by atoms with Crippen LogP contribution in [0.15, 0.2) is 42.5 Å². The van der Waals surface area contributed by atoms with Crippen LogP contribution < -0.4 is 5.32 Å². The Bertz CT molecular complexity index is 675. The molecule has 0 fully saturated rings. The first-order valence-electron chi connectivity index (χ1n) is 5.43. The number of amides is 1. The van der Waals surface area contributed by atoms with Crippen LogP contribution in [0.4, 0.5) is 5.69 Å². The van der Waals surface area contributed by atoms with Gasteiger partial charge < -0.3 is 15.5 Å². The van der Waals surface area contributed by atoms with Crippen LogP contribution in [0.1, 0.15) is 15.9 Å². The zero-order valence-electron chi connectivity index (χ0n) is 9.79. The molecule has 0 radical (unpaired) electrons. The lowest BCUT2D eigenvalue weighted by molar-refractivity contribution is 0.102. The maximum atomic E-state index is 11.9. The van der Waals surface area contributed by atoms with Crippen molar-refractivity contribution >= 4 is 11.6 Å². The summed E-state index contributed by atoms with van der Waals surface area (Å²) in [5.41, 5.74) is 0.812. The molecule has 2 rings (SSSR count). The highest BCUT2D eigenvalue weighted by atomic mass is 16.3. The molecule has 0 atom stereocenters. The molecular formula is C14H10N2O3. The first kappa shape index (κ1) is 12.5. The van der Waals surface area contributed by atoms with Gasteiger partial charge in [0.25, 0.3) is 5.91 Å². The van der Waals surface area contributed by atoms with Gasteiger partial charge in [-0.05, 0) is 36.4 Å². The van der Waals surface area contributed by atoms with E-state index >= 15 is 0 Å². The van der Waals surface area contributed by atoms with E-state index in [-0.39, 0.29) is 17.1 Å². The Balaban J connectivity index is 2.26. The molecule has 19 heavy (non-hydrogen) atoms. The SMILES string of the molecule is N#Cc1cccc(NC(=O)c2cc(O)ccc2O)c1. The molecule has 0 bridgehead atoms. The van der Waals surface area contributed by atoms with Crippen molar-refractivity contribution < 1.29 is 15.0 Å².